The molecule has 0 amide bonds. The second-order valence-electron chi connectivity index (χ2n) is 7.91. The van der Waals surface area contributed by atoms with E-state index in [2.05, 4.69) is 10.6 Å². The molecule has 4 nitrogen and oxygen atoms in total. The Bertz CT molecular complexity index is 1700. The molecule has 0 aliphatic rings. The lowest BCUT2D eigenvalue weighted by Gasteiger charge is -2.09. The summed E-state index contributed by atoms with van der Waals surface area (Å²) in [7, 11) is 1.62. The fourth-order valence-corrected chi connectivity index (χ4v) is 4.37. The number of fused-ring (bicyclic) bond motifs is 3. The lowest BCUT2D eigenvalue weighted by Crippen LogP contribution is -1.95. The van der Waals surface area contributed by atoms with Gasteiger partial charge < -0.3 is 9.30 Å². The van der Waals surface area contributed by atoms with Crippen molar-refractivity contribution < 1.29 is 13.5 Å². The summed E-state index contributed by atoms with van der Waals surface area (Å²) in [4.78, 5) is 0. The number of aromatic nitrogens is 1. The zero-order valence-corrected chi connectivity index (χ0v) is 18.6. The van der Waals surface area contributed by atoms with E-state index < -0.39 is 11.6 Å². The van der Waals surface area contributed by atoms with Gasteiger partial charge in [0.25, 0.3) is 0 Å². The molecule has 0 saturated carbocycles. The van der Waals surface area contributed by atoms with E-state index in [1.807, 2.05) is 66.7 Å². The van der Waals surface area contributed by atoms with Gasteiger partial charge in [0.05, 0.1) is 29.3 Å². The molecule has 1 aromatic heterocycles. The fraction of sp³-hybridized carbons (Fsp3) is 0.0345. The maximum absolute atomic E-state index is 13.8. The van der Waals surface area contributed by atoms with E-state index >= 15 is 0 Å². The normalized spacial score (nSPS) is 11.7. The molecule has 5 rings (SSSR count). The van der Waals surface area contributed by atoms with Gasteiger partial charge in [-0.2, -0.15) is 10.5 Å². The number of ether oxygens (including phenoxy) is 1. The van der Waals surface area contributed by atoms with Gasteiger partial charge in [-0.1, -0.05) is 24.3 Å². The Hall–Kier alpha value is -4.94. The highest BCUT2D eigenvalue weighted by Gasteiger charge is 2.17. The molecule has 0 unspecified atom stereocenters. The molecule has 4 aromatic carbocycles. The van der Waals surface area contributed by atoms with Crippen molar-refractivity contribution in [3.8, 4) is 23.6 Å². The molecule has 0 saturated heterocycles. The van der Waals surface area contributed by atoms with Crippen LogP contribution < -0.4 is 4.74 Å². The summed E-state index contributed by atoms with van der Waals surface area (Å²) >= 11 is 0. The number of nitrogens with zero attached hydrogens (tertiary/aromatic N) is 3. The van der Waals surface area contributed by atoms with Crippen LogP contribution in [0.3, 0.4) is 0 Å². The van der Waals surface area contributed by atoms with Crippen LogP contribution in [0.1, 0.15) is 11.1 Å². The van der Waals surface area contributed by atoms with Crippen LogP contribution in [0.2, 0.25) is 0 Å². The van der Waals surface area contributed by atoms with Crippen LogP contribution in [-0.2, 0) is 0 Å². The topological polar surface area (TPSA) is 61.7 Å². The number of benzene rings is 4. The van der Waals surface area contributed by atoms with Crippen molar-refractivity contribution in [1.29, 1.82) is 10.5 Å². The summed E-state index contributed by atoms with van der Waals surface area (Å²) in [6, 6.07) is 27.9. The predicted octanol–water partition coefficient (Wildman–Crippen LogP) is 7.03. The van der Waals surface area contributed by atoms with Gasteiger partial charge in [-0.25, -0.2) is 8.78 Å². The van der Waals surface area contributed by atoms with E-state index in [1.165, 1.54) is 0 Å². The van der Waals surface area contributed by atoms with Crippen molar-refractivity contribution in [2.45, 2.75) is 0 Å². The molecule has 0 spiro atoms. The first-order valence-corrected chi connectivity index (χ1v) is 10.7. The molecule has 35 heavy (non-hydrogen) atoms. The Morgan fingerprint density at radius 2 is 1.34 bits per heavy atom. The van der Waals surface area contributed by atoms with E-state index in [9.17, 15) is 19.3 Å². The highest BCUT2D eigenvalue weighted by molar-refractivity contribution is 6.12. The number of methoxy groups -OCH3 is 1. The van der Waals surface area contributed by atoms with Gasteiger partial charge >= 0.3 is 0 Å². The van der Waals surface area contributed by atoms with Gasteiger partial charge in [-0.05, 0) is 65.7 Å². The van der Waals surface area contributed by atoms with Crippen molar-refractivity contribution in [2.75, 3.05) is 7.11 Å². The number of hydrogen-bond acceptors (Lipinski definition) is 3. The van der Waals surface area contributed by atoms with Gasteiger partial charge in [0.1, 0.15) is 29.5 Å². The Balaban J connectivity index is 1.76. The molecule has 0 bridgehead atoms. The molecule has 0 atom stereocenters. The summed E-state index contributed by atoms with van der Waals surface area (Å²) in [5.41, 5.74) is 3.27. The van der Waals surface area contributed by atoms with Crippen LogP contribution in [-0.4, -0.2) is 11.7 Å². The molecular weight excluding hydrogens is 444 g/mol. The van der Waals surface area contributed by atoms with Crippen molar-refractivity contribution in [3.05, 3.63) is 108 Å². The highest BCUT2D eigenvalue weighted by atomic mass is 19.1. The fourth-order valence-electron chi connectivity index (χ4n) is 4.37. The molecule has 6 heteroatoms. The Morgan fingerprint density at radius 3 is 2.00 bits per heavy atom. The summed E-state index contributed by atoms with van der Waals surface area (Å²) in [6.07, 6.45) is 0. The zero-order valence-electron chi connectivity index (χ0n) is 18.6. The monoisotopic (exact) mass is 461 g/mol. The van der Waals surface area contributed by atoms with Gasteiger partial charge in [0.15, 0.2) is 0 Å². The maximum Gasteiger partial charge on any atom is 0.126 e. The zero-order chi connectivity index (χ0) is 24.5. The highest BCUT2D eigenvalue weighted by Crippen LogP contribution is 2.35. The first kappa shape index (κ1) is 21.9. The summed E-state index contributed by atoms with van der Waals surface area (Å²) in [6.45, 7) is 0. The molecule has 0 radical (unpaired) electrons. The molecule has 0 aliphatic carbocycles. The first-order valence-electron chi connectivity index (χ1n) is 10.7. The minimum Gasteiger partial charge on any atom is -0.497 e. The number of para-hydroxylation sites is 1. The van der Waals surface area contributed by atoms with Gasteiger partial charge in [0, 0.05) is 22.5 Å². The van der Waals surface area contributed by atoms with Crippen LogP contribution in [0.15, 0.2) is 84.9 Å². The Morgan fingerprint density at radius 1 is 0.714 bits per heavy atom. The third-order valence-electron chi connectivity index (χ3n) is 5.92. The Labute approximate surface area is 200 Å². The summed E-state index contributed by atoms with van der Waals surface area (Å²) in [5.74, 6) is -0.885. The van der Waals surface area contributed by atoms with Crippen molar-refractivity contribution in [1.82, 2.24) is 4.57 Å². The standard InChI is InChI=1S/C29H17F2N3O/c1-35-23-9-7-22(8-10-23)34-28-5-3-2-4-24(28)25-14-18(6-11-29(25)34)26(16-32)27(17-33)19-12-20(30)15-21(31)13-19/h2-15H,1H3/b27-26-. The maximum atomic E-state index is 13.8. The predicted molar refractivity (Wildman–Crippen MR) is 132 cm³/mol. The van der Waals surface area contributed by atoms with Crippen LogP contribution in [0, 0.1) is 34.3 Å². The van der Waals surface area contributed by atoms with Gasteiger partial charge in [-0.15, -0.1) is 0 Å². The van der Waals surface area contributed by atoms with Crippen LogP contribution in [0.25, 0.3) is 38.6 Å². The Kier molecular flexibility index (Phi) is 5.49. The van der Waals surface area contributed by atoms with E-state index in [1.54, 1.807) is 13.2 Å². The van der Waals surface area contributed by atoms with Crippen molar-refractivity contribution in [2.24, 2.45) is 0 Å². The van der Waals surface area contributed by atoms with Crippen LogP contribution in [0.4, 0.5) is 8.78 Å². The lowest BCUT2D eigenvalue weighted by atomic mass is 9.95. The molecule has 0 fully saturated rings. The molecule has 0 aliphatic heterocycles. The van der Waals surface area contributed by atoms with Crippen LogP contribution >= 0.6 is 0 Å². The van der Waals surface area contributed by atoms with Crippen LogP contribution in [0.5, 0.6) is 5.75 Å². The summed E-state index contributed by atoms with van der Waals surface area (Å²) in [5, 5.41) is 21.6. The first-order chi connectivity index (χ1) is 17.0. The number of rotatable bonds is 4. The molecule has 5 aromatic rings. The summed E-state index contributed by atoms with van der Waals surface area (Å²) < 4.78 is 35.0. The van der Waals surface area contributed by atoms with Gasteiger partial charge in [-0.3, -0.25) is 0 Å². The molecule has 0 N–H and O–H groups in total. The van der Waals surface area contributed by atoms with Crippen molar-refractivity contribution in [3.63, 3.8) is 0 Å². The van der Waals surface area contributed by atoms with Gasteiger partial charge in [0.2, 0.25) is 0 Å². The van der Waals surface area contributed by atoms with E-state index in [4.69, 9.17) is 4.74 Å². The SMILES string of the molecule is COc1ccc(-n2c3ccccc3c3cc(/C(C#N)=C(/C#N)c4cc(F)cc(F)c4)ccc32)cc1. The minimum atomic E-state index is -0.817. The number of nitriles is 2. The van der Waals surface area contributed by atoms with Crippen molar-refractivity contribution >= 4 is 33.0 Å². The number of allylic oxidation sites excluding steroid dienone is 2. The number of halogens is 2. The second-order valence-corrected chi connectivity index (χ2v) is 7.91. The molecular formula is C29H17F2N3O. The quantitative estimate of drug-likeness (QED) is 0.213. The largest absolute Gasteiger partial charge is 0.497 e. The average molecular weight is 461 g/mol. The third-order valence-corrected chi connectivity index (χ3v) is 5.92. The van der Waals surface area contributed by atoms with E-state index in [0.717, 1.165) is 51.4 Å². The van der Waals surface area contributed by atoms with E-state index in [0.29, 0.717) is 5.56 Å². The molecule has 1 heterocycles. The lowest BCUT2D eigenvalue weighted by molar-refractivity contribution is 0.415. The average Bonchev–Trinajstić information content (AvgIpc) is 3.20. The third kappa shape index (κ3) is 3.78. The number of hydrogen-bond donors (Lipinski definition) is 0. The minimum absolute atomic E-state index is 0.0160. The molecule has 168 valence electrons. The second kappa shape index (κ2) is 8.78. The smallest absolute Gasteiger partial charge is 0.126 e. The van der Waals surface area contributed by atoms with E-state index in [-0.39, 0.29) is 16.7 Å².